The number of hydrogen-bond acceptors (Lipinski definition) is 7. The van der Waals surface area contributed by atoms with Crippen LogP contribution in [-0.4, -0.2) is 68.5 Å². The van der Waals surface area contributed by atoms with Gasteiger partial charge in [0, 0.05) is 26.4 Å². The van der Waals surface area contributed by atoms with Crippen LogP contribution in [0, 0.1) is 0 Å². The number of nitrogens with one attached hydrogen (secondary N) is 3. The molecule has 0 fully saturated rings. The fraction of sp³-hybridized carbons (Fsp3) is 0.480. The van der Waals surface area contributed by atoms with Crippen molar-refractivity contribution in [1.82, 2.24) is 16.0 Å². The Labute approximate surface area is 217 Å². The Balaban J connectivity index is 2.89. The van der Waals surface area contributed by atoms with E-state index in [2.05, 4.69) is 32.3 Å². The van der Waals surface area contributed by atoms with E-state index in [1.165, 1.54) is 14.0 Å². The van der Waals surface area contributed by atoms with Gasteiger partial charge in [0.25, 0.3) is 0 Å². The molecule has 0 bridgehead atoms. The minimum atomic E-state index is -0.913. The van der Waals surface area contributed by atoms with Crippen LogP contribution < -0.4 is 32.2 Å². The SMILES string of the molecule is C=CCOc1ccc(C[C@H](NC(C)=O)C(=O)N[C@@H](CCCCN=C(N)N)C(=O)NCCC(=O)OC)cc1. The lowest BCUT2D eigenvalue weighted by atomic mass is 10.0. The van der Waals surface area contributed by atoms with E-state index in [4.69, 9.17) is 16.2 Å². The molecule has 0 aliphatic carbocycles. The van der Waals surface area contributed by atoms with Crippen molar-refractivity contribution in [2.24, 2.45) is 16.5 Å². The predicted octanol–water partition coefficient (Wildman–Crippen LogP) is -0.0936. The lowest BCUT2D eigenvalue weighted by molar-refractivity contribution is -0.140. The van der Waals surface area contributed by atoms with Gasteiger partial charge < -0.3 is 36.9 Å². The summed E-state index contributed by atoms with van der Waals surface area (Å²) in [7, 11) is 1.26. The summed E-state index contributed by atoms with van der Waals surface area (Å²) in [6.45, 7) is 5.72. The second kappa shape index (κ2) is 17.4. The van der Waals surface area contributed by atoms with Crippen molar-refractivity contribution in [3.63, 3.8) is 0 Å². The van der Waals surface area contributed by atoms with E-state index in [1.807, 2.05) is 0 Å². The number of carbonyl (C=O) groups is 4. The van der Waals surface area contributed by atoms with Crippen molar-refractivity contribution in [2.45, 2.75) is 51.1 Å². The van der Waals surface area contributed by atoms with Crippen LogP contribution in [0.5, 0.6) is 5.75 Å². The first-order valence-electron chi connectivity index (χ1n) is 12.0. The van der Waals surface area contributed by atoms with Crippen LogP contribution in [-0.2, 0) is 30.3 Å². The topological polar surface area (TPSA) is 187 Å². The maximum atomic E-state index is 13.1. The number of amides is 3. The average Bonchev–Trinajstić information content (AvgIpc) is 2.86. The molecule has 0 spiro atoms. The molecule has 0 saturated carbocycles. The number of hydrogen-bond donors (Lipinski definition) is 5. The first-order chi connectivity index (χ1) is 17.7. The van der Waals surface area contributed by atoms with E-state index in [1.54, 1.807) is 30.3 Å². The maximum Gasteiger partial charge on any atom is 0.307 e. The molecule has 204 valence electrons. The van der Waals surface area contributed by atoms with Crippen molar-refractivity contribution in [2.75, 3.05) is 26.8 Å². The second-order valence-electron chi connectivity index (χ2n) is 8.18. The average molecular weight is 519 g/mol. The number of esters is 1. The molecule has 2 atom stereocenters. The fourth-order valence-electron chi connectivity index (χ4n) is 3.29. The fourth-order valence-corrected chi connectivity index (χ4v) is 3.29. The van der Waals surface area contributed by atoms with Gasteiger partial charge in [-0.2, -0.15) is 0 Å². The zero-order chi connectivity index (χ0) is 27.6. The number of methoxy groups -OCH3 is 1. The number of ether oxygens (including phenoxy) is 2. The molecule has 0 saturated heterocycles. The smallest absolute Gasteiger partial charge is 0.307 e. The lowest BCUT2D eigenvalue weighted by Gasteiger charge is -2.23. The molecule has 3 amide bonds. The molecule has 1 aromatic rings. The highest BCUT2D eigenvalue weighted by molar-refractivity contribution is 5.92. The molecule has 0 aliphatic rings. The number of nitrogens with two attached hydrogens (primary N) is 2. The number of carbonyl (C=O) groups excluding carboxylic acids is 4. The standard InChI is InChI=1S/C25H38N6O6/c1-4-15-37-19-10-8-18(9-11-19)16-21(30-17(2)32)24(35)31-20(7-5-6-13-29-25(26)27)23(34)28-14-12-22(33)36-3/h4,8-11,20-21H,1,5-7,12-16H2,2-3H3,(H,28,34)(H,30,32)(H,31,35)(H4,26,27,29)/t20-,21-/m0/s1. The zero-order valence-electron chi connectivity index (χ0n) is 21.5. The second-order valence-corrected chi connectivity index (χ2v) is 8.18. The Morgan fingerprint density at radius 1 is 1.05 bits per heavy atom. The maximum absolute atomic E-state index is 13.1. The van der Waals surface area contributed by atoms with Crippen LogP contribution in [0.2, 0.25) is 0 Å². The van der Waals surface area contributed by atoms with Gasteiger partial charge in [-0.25, -0.2) is 0 Å². The molecule has 0 unspecified atom stereocenters. The van der Waals surface area contributed by atoms with Crippen molar-refractivity contribution in [1.29, 1.82) is 0 Å². The summed E-state index contributed by atoms with van der Waals surface area (Å²) < 4.78 is 10.0. The normalized spacial score (nSPS) is 11.8. The molecule has 0 aromatic heterocycles. The molecule has 0 radical (unpaired) electrons. The third-order valence-corrected chi connectivity index (χ3v) is 5.11. The van der Waals surface area contributed by atoms with E-state index >= 15 is 0 Å². The van der Waals surface area contributed by atoms with E-state index < -0.39 is 29.9 Å². The minimum Gasteiger partial charge on any atom is -0.490 e. The van der Waals surface area contributed by atoms with Crippen LogP contribution >= 0.6 is 0 Å². The summed E-state index contributed by atoms with van der Waals surface area (Å²) in [6.07, 6.45) is 3.27. The van der Waals surface area contributed by atoms with Gasteiger partial charge in [0.05, 0.1) is 13.5 Å². The van der Waals surface area contributed by atoms with Crippen molar-refractivity contribution >= 4 is 29.7 Å². The molecule has 1 aromatic carbocycles. The molecule has 12 nitrogen and oxygen atoms in total. The highest BCUT2D eigenvalue weighted by atomic mass is 16.5. The Bertz CT molecular complexity index is 930. The van der Waals surface area contributed by atoms with Gasteiger partial charge >= 0.3 is 5.97 Å². The summed E-state index contributed by atoms with van der Waals surface area (Å²) in [5.74, 6) is -1.20. The summed E-state index contributed by atoms with van der Waals surface area (Å²) in [5, 5.41) is 8.01. The van der Waals surface area contributed by atoms with Gasteiger partial charge in [-0.3, -0.25) is 24.2 Å². The van der Waals surface area contributed by atoms with Crippen molar-refractivity contribution < 1.29 is 28.7 Å². The van der Waals surface area contributed by atoms with Gasteiger partial charge in [-0.1, -0.05) is 24.8 Å². The van der Waals surface area contributed by atoms with Gasteiger partial charge in [0.2, 0.25) is 17.7 Å². The predicted molar refractivity (Wildman–Crippen MR) is 140 cm³/mol. The zero-order valence-corrected chi connectivity index (χ0v) is 21.5. The third kappa shape index (κ3) is 13.5. The molecule has 1 rings (SSSR count). The third-order valence-electron chi connectivity index (χ3n) is 5.11. The van der Waals surface area contributed by atoms with Gasteiger partial charge in [0.1, 0.15) is 24.4 Å². The Morgan fingerprint density at radius 2 is 1.76 bits per heavy atom. The highest BCUT2D eigenvalue weighted by Crippen LogP contribution is 2.14. The quantitative estimate of drug-likeness (QED) is 0.0622. The number of benzene rings is 1. The first-order valence-corrected chi connectivity index (χ1v) is 12.0. The van der Waals surface area contributed by atoms with E-state index in [0.29, 0.717) is 38.2 Å². The summed E-state index contributed by atoms with van der Waals surface area (Å²) in [6, 6.07) is 5.30. The number of nitrogens with zero attached hydrogens (tertiary/aromatic N) is 1. The van der Waals surface area contributed by atoms with E-state index in [9.17, 15) is 19.2 Å². The summed E-state index contributed by atoms with van der Waals surface area (Å²) in [4.78, 5) is 53.0. The van der Waals surface area contributed by atoms with Gasteiger partial charge in [-0.15, -0.1) is 0 Å². The van der Waals surface area contributed by atoms with Crippen LogP contribution in [0.4, 0.5) is 0 Å². The van der Waals surface area contributed by atoms with Crippen LogP contribution in [0.1, 0.15) is 38.2 Å². The molecule has 37 heavy (non-hydrogen) atoms. The molecule has 0 aliphatic heterocycles. The molecule has 0 heterocycles. The number of rotatable bonds is 17. The summed E-state index contributed by atoms with van der Waals surface area (Å²) >= 11 is 0. The van der Waals surface area contributed by atoms with Gasteiger partial charge in [-0.05, 0) is 37.0 Å². The molecular weight excluding hydrogens is 480 g/mol. The molecule has 12 heteroatoms. The lowest BCUT2D eigenvalue weighted by Crippen LogP contribution is -2.54. The Kier molecular flexibility index (Phi) is 14.5. The summed E-state index contributed by atoms with van der Waals surface area (Å²) in [5.41, 5.74) is 11.4. The largest absolute Gasteiger partial charge is 0.490 e. The number of aliphatic imine (C=N–C) groups is 1. The minimum absolute atomic E-state index is 0.00553. The number of guanidine groups is 1. The van der Waals surface area contributed by atoms with Crippen LogP contribution in [0.15, 0.2) is 41.9 Å². The monoisotopic (exact) mass is 518 g/mol. The van der Waals surface area contributed by atoms with Crippen LogP contribution in [0.25, 0.3) is 0 Å². The first kappa shape index (κ1) is 30.9. The Morgan fingerprint density at radius 3 is 2.35 bits per heavy atom. The van der Waals surface area contributed by atoms with E-state index in [0.717, 1.165) is 5.56 Å². The van der Waals surface area contributed by atoms with E-state index in [-0.39, 0.29) is 31.3 Å². The van der Waals surface area contributed by atoms with Crippen molar-refractivity contribution in [3.05, 3.63) is 42.5 Å². The molecule has 7 N–H and O–H groups in total. The van der Waals surface area contributed by atoms with Crippen molar-refractivity contribution in [3.8, 4) is 5.75 Å². The molecular formula is C25H38N6O6. The highest BCUT2D eigenvalue weighted by Gasteiger charge is 2.26. The Hall–Kier alpha value is -4.09. The van der Waals surface area contributed by atoms with Gasteiger partial charge in [0.15, 0.2) is 5.96 Å². The van der Waals surface area contributed by atoms with Crippen LogP contribution in [0.3, 0.4) is 0 Å². The number of unbranched alkanes of at least 4 members (excludes halogenated alkanes) is 1.